The summed E-state index contributed by atoms with van der Waals surface area (Å²) in [5, 5.41) is 13.5. The quantitative estimate of drug-likeness (QED) is 0.803. The Balaban J connectivity index is 2.04. The summed E-state index contributed by atoms with van der Waals surface area (Å²) in [5.74, 6) is 1.48. The first-order valence-corrected chi connectivity index (χ1v) is 9.63. The summed E-state index contributed by atoms with van der Waals surface area (Å²) >= 11 is 1.80. The average Bonchev–Trinajstić information content (AvgIpc) is 2.59. The van der Waals surface area contributed by atoms with E-state index >= 15 is 0 Å². The van der Waals surface area contributed by atoms with E-state index in [-0.39, 0.29) is 11.9 Å². The number of nitrogens with one attached hydrogen (secondary N) is 1. The van der Waals surface area contributed by atoms with Crippen LogP contribution in [0, 0.1) is 0 Å². The molecule has 1 saturated heterocycles. The van der Waals surface area contributed by atoms with Gasteiger partial charge in [-0.15, -0.1) is 0 Å². The minimum absolute atomic E-state index is 0.136. The van der Waals surface area contributed by atoms with E-state index in [1.54, 1.807) is 11.8 Å². The van der Waals surface area contributed by atoms with E-state index in [0.29, 0.717) is 19.4 Å². The van der Waals surface area contributed by atoms with Gasteiger partial charge in [0.15, 0.2) is 0 Å². The van der Waals surface area contributed by atoms with Crippen LogP contribution in [0.2, 0.25) is 0 Å². The molecule has 1 amide bonds. The highest BCUT2D eigenvalue weighted by Gasteiger charge is 2.37. The van der Waals surface area contributed by atoms with Crippen molar-refractivity contribution in [2.75, 3.05) is 31.1 Å². The second-order valence-electron chi connectivity index (χ2n) is 6.00. The molecule has 128 valence electrons. The summed E-state index contributed by atoms with van der Waals surface area (Å²) in [6.07, 6.45) is 1.09. The molecule has 0 bridgehead atoms. The number of aliphatic hydroxyl groups is 1. The molecule has 23 heavy (non-hydrogen) atoms. The maximum atomic E-state index is 12.5. The Morgan fingerprint density at radius 2 is 1.87 bits per heavy atom. The molecule has 1 atom stereocenters. The molecular formula is C18H28N2O2S. The number of rotatable bonds is 7. The third-order valence-electron chi connectivity index (χ3n) is 4.64. The summed E-state index contributed by atoms with van der Waals surface area (Å²) in [6, 6.07) is 10.4. The third-order valence-corrected chi connectivity index (χ3v) is 5.62. The fraction of sp³-hybridized carbons (Fsp3) is 0.611. The van der Waals surface area contributed by atoms with E-state index in [9.17, 15) is 9.90 Å². The van der Waals surface area contributed by atoms with Gasteiger partial charge in [0.1, 0.15) is 5.60 Å². The zero-order valence-corrected chi connectivity index (χ0v) is 14.9. The average molecular weight is 337 g/mol. The van der Waals surface area contributed by atoms with Gasteiger partial charge in [-0.25, -0.2) is 0 Å². The molecule has 1 heterocycles. The third kappa shape index (κ3) is 4.72. The lowest BCUT2D eigenvalue weighted by Gasteiger charge is -2.33. The molecule has 4 nitrogen and oxygen atoms in total. The lowest BCUT2D eigenvalue weighted by Crippen LogP contribution is -2.51. The van der Waals surface area contributed by atoms with E-state index < -0.39 is 5.60 Å². The van der Waals surface area contributed by atoms with Gasteiger partial charge in [0.25, 0.3) is 5.91 Å². The maximum Gasteiger partial charge on any atom is 0.252 e. The van der Waals surface area contributed by atoms with E-state index in [1.165, 1.54) is 5.56 Å². The minimum atomic E-state index is -1.18. The van der Waals surface area contributed by atoms with Crippen LogP contribution in [0.5, 0.6) is 0 Å². The highest BCUT2D eigenvalue weighted by Crippen LogP contribution is 2.27. The van der Waals surface area contributed by atoms with E-state index in [0.717, 1.165) is 24.6 Å². The van der Waals surface area contributed by atoms with Gasteiger partial charge in [0, 0.05) is 6.54 Å². The molecule has 1 aromatic rings. The van der Waals surface area contributed by atoms with Crippen molar-refractivity contribution >= 4 is 17.7 Å². The molecule has 0 saturated carbocycles. The summed E-state index contributed by atoms with van der Waals surface area (Å²) in [6.45, 7) is 6.64. The molecule has 2 rings (SSSR count). The Morgan fingerprint density at radius 1 is 1.26 bits per heavy atom. The van der Waals surface area contributed by atoms with Crippen molar-refractivity contribution < 1.29 is 9.90 Å². The van der Waals surface area contributed by atoms with Crippen LogP contribution in [-0.2, 0) is 4.79 Å². The second kappa shape index (κ2) is 8.71. The van der Waals surface area contributed by atoms with Crippen LogP contribution in [0.3, 0.4) is 0 Å². The predicted molar refractivity (Wildman–Crippen MR) is 96.6 cm³/mol. The molecular weight excluding hydrogens is 308 g/mol. The van der Waals surface area contributed by atoms with Gasteiger partial charge in [-0.3, -0.25) is 9.69 Å². The number of amides is 1. The molecule has 1 unspecified atom stereocenters. The monoisotopic (exact) mass is 336 g/mol. The van der Waals surface area contributed by atoms with Gasteiger partial charge < -0.3 is 10.4 Å². The zero-order valence-electron chi connectivity index (χ0n) is 14.1. The molecule has 1 fully saturated rings. The minimum Gasteiger partial charge on any atom is -0.380 e. The summed E-state index contributed by atoms with van der Waals surface area (Å²) in [4.78, 5) is 14.8. The maximum absolute atomic E-state index is 12.5. The fourth-order valence-corrected chi connectivity index (χ4v) is 4.26. The van der Waals surface area contributed by atoms with Crippen LogP contribution in [0.4, 0.5) is 0 Å². The lowest BCUT2D eigenvalue weighted by atomic mass is 9.95. The largest absolute Gasteiger partial charge is 0.380 e. The van der Waals surface area contributed by atoms with E-state index in [1.807, 2.05) is 18.2 Å². The Hall–Kier alpha value is -1.04. The van der Waals surface area contributed by atoms with Crippen LogP contribution >= 0.6 is 11.8 Å². The van der Waals surface area contributed by atoms with Crippen molar-refractivity contribution in [3.63, 3.8) is 0 Å². The van der Waals surface area contributed by atoms with Crippen molar-refractivity contribution in [1.29, 1.82) is 0 Å². The van der Waals surface area contributed by atoms with Crippen molar-refractivity contribution in [2.45, 2.75) is 38.3 Å². The number of hydrogen-bond acceptors (Lipinski definition) is 4. The molecule has 0 spiro atoms. The number of thioether (sulfide) groups is 1. The molecule has 2 N–H and O–H groups in total. The van der Waals surface area contributed by atoms with Gasteiger partial charge in [-0.2, -0.15) is 11.8 Å². The van der Waals surface area contributed by atoms with E-state index in [4.69, 9.17) is 0 Å². The number of carbonyl (C=O) groups is 1. The van der Waals surface area contributed by atoms with Gasteiger partial charge in [-0.1, -0.05) is 44.2 Å². The van der Waals surface area contributed by atoms with Crippen LogP contribution in [0.15, 0.2) is 30.3 Å². The first-order chi connectivity index (χ1) is 11.1. The lowest BCUT2D eigenvalue weighted by molar-refractivity contribution is -0.140. The summed E-state index contributed by atoms with van der Waals surface area (Å²) in [7, 11) is 0. The molecule has 5 heteroatoms. The van der Waals surface area contributed by atoms with Crippen molar-refractivity contribution in [3.8, 4) is 0 Å². The first kappa shape index (κ1) is 18.3. The molecule has 1 aliphatic heterocycles. The summed E-state index contributed by atoms with van der Waals surface area (Å²) < 4.78 is 0. The van der Waals surface area contributed by atoms with Crippen LogP contribution in [-0.4, -0.2) is 52.7 Å². The highest BCUT2D eigenvalue weighted by molar-refractivity contribution is 7.99. The number of likely N-dealkylation sites (N-methyl/N-ethyl adjacent to an activating group) is 1. The number of hydrogen-bond donors (Lipinski definition) is 2. The Morgan fingerprint density at radius 3 is 2.43 bits per heavy atom. The predicted octanol–water partition coefficient (Wildman–Crippen LogP) is 2.44. The van der Waals surface area contributed by atoms with Crippen molar-refractivity contribution in [3.05, 3.63) is 35.9 Å². The zero-order chi connectivity index (χ0) is 16.7. The van der Waals surface area contributed by atoms with Crippen molar-refractivity contribution in [1.82, 2.24) is 10.2 Å². The Labute approximate surface area is 143 Å². The van der Waals surface area contributed by atoms with Gasteiger partial charge >= 0.3 is 0 Å². The summed E-state index contributed by atoms with van der Waals surface area (Å²) in [5.41, 5.74) is 0.0122. The first-order valence-electron chi connectivity index (χ1n) is 8.48. The van der Waals surface area contributed by atoms with Crippen molar-refractivity contribution in [2.24, 2.45) is 0 Å². The SMILES string of the molecule is CCN(CC)C(CNC(=O)C1(O)CCSCC1)c1ccccc1. The smallest absolute Gasteiger partial charge is 0.252 e. The van der Waals surface area contributed by atoms with Crippen LogP contribution in [0.25, 0.3) is 0 Å². The van der Waals surface area contributed by atoms with E-state index in [2.05, 4.69) is 36.2 Å². The second-order valence-corrected chi connectivity index (χ2v) is 7.23. The molecule has 0 aliphatic carbocycles. The van der Waals surface area contributed by atoms with Gasteiger partial charge in [-0.05, 0) is 43.0 Å². The number of nitrogens with zero attached hydrogens (tertiary/aromatic N) is 1. The van der Waals surface area contributed by atoms with Gasteiger partial charge in [0.2, 0.25) is 0 Å². The Bertz CT molecular complexity index is 485. The van der Waals surface area contributed by atoms with Crippen LogP contribution < -0.4 is 5.32 Å². The molecule has 1 aromatic carbocycles. The topological polar surface area (TPSA) is 52.6 Å². The molecule has 0 radical (unpaired) electrons. The fourth-order valence-electron chi connectivity index (χ4n) is 3.09. The molecule has 1 aliphatic rings. The molecule has 0 aromatic heterocycles. The Kier molecular flexibility index (Phi) is 6.93. The standard InChI is InChI=1S/C18H28N2O2S/c1-3-20(4-2)16(15-8-6-5-7-9-15)14-19-17(21)18(22)10-12-23-13-11-18/h5-9,16,22H,3-4,10-14H2,1-2H3,(H,19,21). The highest BCUT2D eigenvalue weighted by atomic mass is 32.2. The number of carbonyl (C=O) groups excluding carboxylic acids is 1. The van der Waals surface area contributed by atoms with Crippen LogP contribution in [0.1, 0.15) is 38.3 Å². The number of benzene rings is 1. The normalized spacial score (nSPS) is 18.6. The van der Waals surface area contributed by atoms with Gasteiger partial charge in [0.05, 0.1) is 6.04 Å².